The Bertz CT molecular complexity index is 588. The maximum absolute atomic E-state index is 5.77. The molecule has 100 valence electrons. The van der Waals surface area contributed by atoms with Crippen LogP contribution < -0.4 is 10.5 Å². The molecule has 0 unspecified atom stereocenters. The highest BCUT2D eigenvalue weighted by atomic mass is 16.5. The summed E-state index contributed by atoms with van der Waals surface area (Å²) in [4.78, 5) is 7.87. The zero-order valence-electron chi connectivity index (χ0n) is 11.8. The SMILES string of the molecule is Cc1cc(C(C)(C)C)ccc1Oc1ncncc1N. The average molecular weight is 257 g/mol. The molecular weight excluding hydrogens is 238 g/mol. The van der Waals surface area contributed by atoms with E-state index in [2.05, 4.69) is 42.9 Å². The van der Waals surface area contributed by atoms with Crippen LogP contribution in [0.2, 0.25) is 0 Å². The first kappa shape index (κ1) is 13.3. The number of rotatable bonds is 2. The summed E-state index contributed by atoms with van der Waals surface area (Å²) >= 11 is 0. The summed E-state index contributed by atoms with van der Waals surface area (Å²) in [5.74, 6) is 1.15. The molecule has 0 aliphatic rings. The third-order valence-electron chi connectivity index (χ3n) is 2.95. The van der Waals surface area contributed by atoms with E-state index in [0.29, 0.717) is 11.6 Å². The van der Waals surface area contributed by atoms with Gasteiger partial charge in [0.15, 0.2) is 0 Å². The Labute approximate surface area is 113 Å². The van der Waals surface area contributed by atoms with E-state index in [1.165, 1.54) is 18.1 Å². The van der Waals surface area contributed by atoms with Gasteiger partial charge in [-0.05, 0) is 29.5 Å². The number of hydrogen-bond donors (Lipinski definition) is 1. The number of hydrogen-bond acceptors (Lipinski definition) is 4. The highest BCUT2D eigenvalue weighted by molar-refractivity contribution is 5.48. The number of nitrogens with zero attached hydrogens (tertiary/aromatic N) is 2. The largest absolute Gasteiger partial charge is 0.437 e. The lowest BCUT2D eigenvalue weighted by Gasteiger charge is -2.20. The van der Waals surface area contributed by atoms with Crippen molar-refractivity contribution >= 4 is 5.69 Å². The number of nitrogens with two attached hydrogens (primary N) is 1. The lowest BCUT2D eigenvalue weighted by Crippen LogP contribution is -2.11. The van der Waals surface area contributed by atoms with Crippen molar-refractivity contribution in [3.05, 3.63) is 41.9 Å². The van der Waals surface area contributed by atoms with Gasteiger partial charge in [-0.25, -0.2) is 4.98 Å². The van der Waals surface area contributed by atoms with Crippen molar-refractivity contribution in [2.75, 3.05) is 5.73 Å². The fraction of sp³-hybridized carbons (Fsp3) is 0.333. The van der Waals surface area contributed by atoms with Gasteiger partial charge in [-0.1, -0.05) is 32.9 Å². The van der Waals surface area contributed by atoms with Gasteiger partial charge in [0.2, 0.25) is 5.88 Å². The maximum atomic E-state index is 5.77. The van der Waals surface area contributed by atoms with E-state index >= 15 is 0 Å². The monoisotopic (exact) mass is 257 g/mol. The predicted octanol–water partition coefficient (Wildman–Crippen LogP) is 3.46. The van der Waals surface area contributed by atoms with E-state index in [4.69, 9.17) is 10.5 Å². The van der Waals surface area contributed by atoms with Crippen LogP contribution in [-0.2, 0) is 5.41 Å². The standard InChI is InChI=1S/C15H19N3O/c1-10-7-11(15(2,3)4)5-6-13(10)19-14-12(16)8-17-9-18-14/h5-9H,16H2,1-4H3. The molecule has 4 nitrogen and oxygen atoms in total. The van der Waals surface area contributed by atoms with Gasteiger partial charge in [-0.3, -0.25) is 0 Å². The van der Waals surface area contributed by atoms with Crippen LogP contribution in [0.4, 0.5) is 5.69 Å². The molecular formula is C15H19N3O. The van der Waals surface area contributed by atoms with Crippen molar-refractivity contribution in [1.82, 2.24) is 9.97 Å². The van der Waals surface area contributed by atoms with Crippen molar-refractivity contribution in [1.29, 1.82) is 0 Å². The molecule has 0 fully saturated rings. The molecule has 0 amide bonds. The molecule has 0 saturated carbocycles. The summed E-state index contributed by atoms with van der Waals surface area (Å²) in [5, 5.41) is 0. The Hall–Kier alpha value is -2.10. The van der Waals surface area contributed by atoms with Crippen molar-refractivity contribution in [3.63, 3.8) is 0 Å². The van der Waals surface area contributed by atoms with E-state index in [-0.39, 0.29) is 5.41 Å². The van der Waals surface area contributed by atoms with Gasteiger partial charge in [-0.2, -0.15) is 4.98 Å². The van der Waals surface area contributed by atoms with Crippen molar-refractivity contribution < 1.29 is 4.74 Å². The van der Waals surface area contributed by atoms with Crippen LogP contribution in [0, 0.1) is 6.92 Å². The average Bonchev–Trinajstić information content (AvgIpc) is 2.33. The normalized spacial score (nSPS) is 11.4. The van der Waals surface area contributed by atoms with Crippen LogP contribution in [0.5, 0.6) is 11.6 Å². The fourth-order valence-electron chi connectivity index (χ4n) is 1.75. The molecule has 0 atom stereocenters. The highest BCUT2D eigenvalue weighted by Crippen LogP contribution is 2.31. The zero-order chi connectivity index (χ0) is 14.0. The van der Waals surface area contributed by atoms with E-state index in [1.54, 1.807) is 0 Å². The summed E-state index contributed by atoms with van der Waals surface area (Å²) in [6, 6.07) is 6.16. The van der Waals surface area contributed by atoms with E-state index in [9.17, 15) is 0 Å². The molecule has 4 heteroatoms. The minimum atomic E-state index is 0.122. The van der Waals surface area contributed by atoms with Gasteiger partial charge in [0.05, 0.1) is 6.20 Å². The van der Waals surface area contributed by atoms with Gasteiger partial charge < -0.3 is 10.5 Å². The molecule has 2 N–H and O–H groups in total. The van der Waals surface area contributed by atoms with Crippen molar-refractivity contribution in [2.24, 2.45) is 0 Å². The molecule has 2 aromatic rings. The molecule has 1 heterocycles. The molecule has 0 aliphatic heterocycles. The summed E-state index contributed by atoms with van der Waals surface area (Å²) in [6.07, 6.45) is 2.95. The molecule has 2 rings (SSSR count). The number of anilines is 1. The quantitative estimate of drug-likeness (QED) is 0.895. The first-order valence-corrected chi connectivity index (χ1v) is 6.22. The Morgan fingerprint density at radius 2 is 1.95 bits per heavy atom. The van der Waals surface area contributed by atoms with Crippen LogP contribution >= 0.6 is 0 Å². The molecule has 0 spiro atoms. The van der Waals surface area contributed by atoms with Crippen molar-refractivity contribution in [2.45, 2.75) is 33.1 Å². The first-order valence-electron chi connectivity index (χ1n) is 6.22. The third-order valence-corrected chi connectivity index (χ3v) is 2.95. The number of benzene rings is 1. The van der Waals surface area contributed by atoms with E-state index < -0.39 is 0 Å². The summed E-state index contributed by atoms with van der Waals surface area (Å²) in [6.45, 7) is 8.57. The molecule has 0 radical (unpaired) electrons. The van der Waals surface area contributed by atoms with Crippen LogP contribution in [-0.4, -0.2) is 9.97 Å². The minimum Gasteiger partial charge on any atom is -0.437 e. The topological polar surface area (TPSA) is 61.0 Å². The van der Waals surface area contributed by atoms with Gasteiger partial charge in [0, 0.05) is 0 Å². The van der Waals surface area contributed by atoms with Gasteiger partial charge >= 0.3 is 0 Å². The third kappa shape index (κ3) is 3.02. The molecule has 1 aromatic carbocycles. The minimum absolute atomic E-state index is 0.122. The van der Waals surface area contributed by atoms with E-state index in [1.807, 2.05) is 13.0 Å². The lowest BCUT2D eigenvalue weighted by molar-refractivity contribution is 0.459. The number of aromatic nitrogens is 2. The number of aryl methyl sites for hydroxylation is 1. The Morgan fingerprint density at radius 1 is 1.21 bits per heavy atom. The van der Waals surface area contributed by atoms with Gasteiger partial charge in [0.1, 0.15) is 17.8 Å². The smallest absolute Gasteiger partial charge is 0.245 e. The molecule has 0 saturated heterocycles. The Morgan fingerprint density at radius 3 is 2.53 bits per heavy atom. The second-order valence-corrected chi connectivity index (χ2v) is 5.62. The highest BCUT2D eigenvalue weighted by Gasteiger charge is 2.15. The summed E-state index contributed by atoms with van der Waals surface area (Å²) in [5.41, 5.74) is 8.65. The van der Waals surface area contributed by atoms with Gasteiger partial charge in [-0.15, -0.1) is 0 Å². The van der Waals surface area contributed by atoms with Crippen molar-refractivity contribution in [3.8, 4) is 11.6 Å². The van der Waals surface area contributed by atoms with Crippen LogP contribution in [0.15, 0.2) is 30.7 Å². The van der Waals surface area contributed by atoms with Crippen LogP contribution in [0.25, 0.3) is 0 Å². The molecule has 19 heavy (non-hydrogen) atoms. The molecule has 1 aromatic heterocycles. The molecule has 0 aliphatic carbocycles. The van der Waals surface area contributed by atoms with Gasteiger partial charge in [0.25, 0.3) is 0 Å². The number of ether oxygens (including phenoxy) is 1. The maximum Gasteiger partial charge on any atom is 0.245 e. The van der Waals surface area contributed by atoms with E-state index in [0.717, 1.165) is 11.3 Å². The van der Waals surface area contributed by atoms with Crippen LogP contribution in [0.3, 0.4) is 0 Å². The summed E-state index contributed by atoms with van der Waals surface area (Å²) in [7, 11) is 0. The zero-order valence-corrected chi connectivity index (χ0v) is 11.8. The fourth-order valence-corrected chi connectivity index (χ4v) is 1.75. The first-order chi connectivity index (χ1) is 8.88. The molecule has 0 bridgehead atoms. The second-order valence-electron chi connectivity index (χ2n) is 5.62. The summed E-state index contributed by atoms with van der Waals surface area (Å²) < 4.78 is 5.73. The number of nitrogen functional groups attached to an aromatic ring is 1. The van der Waals surface area contributed by atoms with Crippen LogP contribution in [0.1, 0.15) is 31.9 Å². The Balaban J connectivity index is 2.30. The predicted molar refractivity (Wildman–Crippen MR) is 76.4 cm³/mol. The Kier molecular flexibility index (Phi) is 3.42. The lowest BCUT2D eigenvalue weighted by atomic mass is 9.86. The second kappa shape index (κ2) is 4.88.